The van der Waals surface area contributed by atoms with Crippen molar-refractivity contribution in [2.24, 2.45) is 0 Å². The third-order valence-corrected chi connectivity index (χ3v) is 5.22. The quantitative estimate of drug-likeness (QED) is 0.632. The largest absolute Gasteiger partial charge is 0.493 e. The van der Waals surface area contributed by atoms with Gasteiger partial charge >= 0.3 is 0 Å². The molecule has 1 aliphatic rings. The van der Waals surface area contributed by atoms with Gasteiger partial charge in [0.15, 0.2) is 16.7 Å². The highest BCUT2D eigenvalue weighted by Gasteiger charge is 2.22. The minimum Gasteiger partial charge on any atom is -0.493 e. The number of ether oxygens (including phenoxy) is 2. The van der Waals surface area contributed by atoms with Crippen molar-refractivity contribution in [1.29, 1.82) is 0 Å². The Balaban J connectivity index is 2.22. The van der Waals surface area contributed by atoms with Crippen molar-refractivity contribution in [1.82, 2.24) is 9.55 Å². The average Bonchev–Trinajstić information content (AvgIpc) is 3.02. The molecule has 0 saturated heterocycles. The lowest BCUT2D eigenvalue weighted by molar-refractivity contribution is 0.354. The second-order valence-corrected chi connectivity index (χ2v) is 6.53. The van der Waals surface area contributed by atoms with Crippen molar-refractivity contribution in [3.05, 3.63) is 34.2 Å². The van der Waals surface area contributed by atoms with Crippen LogP contribution in [0.4, 0.5) is 0 Å². The van der Waals surface area contributed by atoms with Crippen LogP contribution in [-0.2, 0) is 6.42 Å². The fourth-order valence-electron chi connectivity index (χ4n) is 2.42. The molecular formula is C15H16N2O3S2. The van der Waals surface area contributed by atoms with Crippen molar-refractivity contribution >= 4 is 23.5 Å². The molecule has 0 unspecified atom stereocenters. The molecule has 5 nitrogen and oxygen atoms in total. The average molecular weight is 336 g/mol. The number of nitrogens with zero attached hydrogens (tertiary/aromatic N) is 2. The summed E-state index contributed by atoms with van der Waals surface area (Å²) >= 11 is 3.04. The Kier molecular flexibility index (Phi) is 4.35. The Morgan fingerprint density at radius 2 is 2.05 bits per heavy atom. The molecule has 116 valence electrons. The molecule has 0 spiro atoms. The van der Waals surface area contributed by atoms with Gasteiger partial charge in [-0.15, -0.1) is 11.8 Å². The molecule has 1 aromatic carbocycles. The van der Waals surface area contributed by atoms with Gasteiger partial charge in [0.2, 0.25) is 0 Å². The van der Waals surface area contributed by atoms with E-state index in [1.54, 1.807) is 42.7 Å². The highest BCUT2D eigenvalue weighted by molar-refractivity contribution is 7.99. The lowest BCUT2D eigenvalue weighted by Crippen LogP contribution is -2.23. The van der Waals surface area contributed by atoms with E-state index in [1.807, 2.05) is 12.3 Å². The number of methoxy groups -OCH3 is 2. The molecule has 0 fully saturated rings. The summed E-state index contributed by atoms with van der Waals surface area (Å²) in [4.78, 5) is 18.2. The molecule has 0 saturated carbocycles. The van der Waals surface area contributed by atoms with Gasteiger partial charge in [-0.05, 0) is 18.4 Å². The number of benzene rings is 1. The van der Waals surface area contributed by atoms with Gasteiger partial charge in [-0.1, -0.05) is 11.8 Å². The zero-order valence-electron chi connectivity index (χ0n) is 12.6. The Labute approximate surface area is 137 Å². The van der Waals surface area contributed by atoms with E-state index >= 15 is 0 Å². The lowest BCUT2D eigenvalue weighted by atomic mass is 10.2. The van der Waals surface area contributed by atoms with E-state index < -0.39 is 0 Å². The second-order valence-electron chi connectivity index (χ2n) is 4.65. The minimum atomic E-state index is -0.0101. The van der Waals surface area contributed by atoms with E-state index in [2.05, 4.69) is 4.98 Å². The maximum atomic E-state index is 12.8. The number of hydrogen-bond donors (Lipinski definition) is 0. The maximum Gasteiger partial charge on any atom is 0.272 e. The number of thioether (sulfide) groups is 2. The van der Waals surface area contributed by atoms with Gasteiger partial charge in [-0.25, -0.2) is 4.98 Å². The summed E-state index contributed by atoms with van der Waals surface area (Å²) in [5.41, 5.74) is 1.63. The van der Waals surface area contributed by atoms with Gasteiger partial charge in [-0.2, -0.15) is 0 Å². The van der Waals surface area contributed by atoms with Crippen molar-refractivity contribution in [3.8, 4) is 17.2 Å². The molecular weight excluding hydrogens is 320 g/mol. The van der Waals surface area contributed by atoms with E-state index in [0.29, 0.717) is 16.7 Å². The molecule has 0 atom stereocenters. The first-order chi connectivity index (χ1) is 10.7. The summed E-state index contributed by atoms with van der Waals surface area (Å²) in [6.07, 6.45) is 2.78. The molecule has 7 heteroatoms. The predicted molar refractivity (Wildman–Crippen MR) is 89.1 cm³/mol. The molecule has 3 rings (SSSR count). The normalized spacial score (nSPS) is 13.0. The number of rotatable bonds is 4. The van der Waals surface area contributed by atoms with Crippen LogP contribution >= 0.6 is 23.5 Å². The highest BCUT2D eigenvalue weighted by atomic mass is 32.2. The van der Waals surface area contributed by atoms with Crippen molar-refractivity contribution < 1.29 is 9.47 Å². The van der Waals surface area contributed by atoms with Crippen LogP contribution in [0.2, 0.25) is 0 Å². The minimum absolute atomic E-state index is 0.0101. The monoisotopic (exact) mass is 336 g/mol. The molecule has 0 radical (unpaired) electrons. The van der Waals surface area contributed by atoms with Crippen molar-refractivity contribution in [2.45, 2.75) is 16.5 Å². The van der Waals surface area contributed by atoms with E-state index in [0.717, 1.165) is 28.5 Å². The number of fused-ring (bicyclic) bond motifs is 1. The molecule has 2 aromatic rings. The van der Waals surface area contributed by atoms with Gasteiger partial charge in [0, 0.05) is 18.2 Å². The van der Waals surface area contributed by atoms with Crippen LogP contribution in [0.15, 0.2) is 33.0 Å². The lowest BCUT2D eigenvalue weighted by Gasteiger charge is -2.14. The van der Waals surface area contributed by atoms with Crippen LogP contribution in [0, 0.1) is 0 Å². The van der Waals surface area contributed by atoms with Gasteiger partial charge in [0.25, 0.3) is 5.56 Å². The summed E-state index contributed by atoms with van der Waals surface area (Å²) < 4.78 is 12.2. The molecule has 2 heterocycles. The maximum absolute atomic E-state index is 12.8. The molecule has 0 bridgehead atoms. The Bertz CT molecular complexity index is 774. The predicted octanol–water partition coefficient (Wildman–Crippen LogP) is 2.62. The van der Waals surface area contributed by atoms with Crippen LogP contribution in [-0.4, -0.2) is 35.8 Å². The van der Waals surface area contributed by atoms with Gasteiger partial charge in [0.1, 0.15) is 0 Å². The van der Waals surface area contributed by atoms with Crippen LogP contribution in [0.25, 0.3) is 5.69 Å². The summed E-state index contributed by atoms with van der Waals surface area (Å²) in [5.74, 6) is 2.14. The van der Waals surface area contributed by atoms with Crippen LogP contribution in [0.3, 0.4) is 0 Å². The zero-order chi connectivity index (χ0) is 15.7. The van der Waals surface area contributed by atoms with Gasteiger partial charge in [-0.3, -0.25) is 9.36 Å². The standard InChI is InChI=1S/C15H16N2O3S2/c1-19-11-5-4-9(8-12(11)20-2)17-14(18)13-10(6-7-22-13)16-15(17)21-3/h4-5,8H,6-7H2,1-3H3. The van der Waals surface area contributed by atoms with E-state index in [4.69, 9.17) is 9.47 Å². The van der Waals surface area contributed by atoms with Crippen molar-refractivity contribution in [2.75, 3.05) is 26.2 Å². The summed E-state index contributed by atoms with van der Waals surface area (Å²) in [5, 5.41) is 0.693. The Hall–Kier alpha value is -1.60. The number of aryl methyl sites for hydroxylation is 1. The third kappa shape index (κ3) is 2.48. The molecule has 22 heavy (non-hydrogen) atoms. The third-order valence-electron chi connectivity index (χ3n) is 3.47. The molecule has 0 amide bonds. The van der Waals surface area contributed by atoms with Crippen LogP contribution < -0.4 is 15.0 Å². The van der Waals surface area contributed by atoms with E-state index in [-0.39, 0.29) is 5.56 Å². The van der Waals surface area contributed by atoms with E-state index in [1.165, 1.54) is 11.8 Å². The SMILES string of the molecule is COc1ccc(-n2c(SC)nc3c(c2=O)SCC3)cc1OC. The van der Waals surface area contributed by atoms with Gasteiger partial charge < -0.3 is 9.47 Å². The summed E-state index contributed by atoms with van der Waals surface area (Å²) in [7, 11) is 3.17. The number of hydrogen-bond acceptors (Lipinski definition) is 6. The zero-order valence-corrected chi connectivity index (χ0v) is 14.2. The van der Waals surface area contributed by atoms with Crippen LogP contribution in [0.5, 0.6) is 11.5 Å². The Morgan fingerprint density at radius 1 is 1.27 bits per heavy atom. The molecule has 0 aliphatic carbocycles. The number of aromatic nitrogens is 2. The van der Waals surface area contributed by atoms with Crippen LogP contribution in [0.1, 0.15) is 5.69 Å². The molecule has 0 N–H and O–H groups in total. The van der Waals surface area contributed by atoms with Gasteiger partial charge in [0.05, 0.1) is 30.5 Å². The molecule has 1 aliphatic heterocycles. The topological polar surface area (TPSA) is 53.4 Å². The summed E-state index contributed by atoms with van der Waals surface area (Å²) in [6.45, 7) is 0. The first kappa shape index (κ1) is 15.3. The first-order valence-corrected chi connectivity index (χ1v) is 8.95. The fourth-order valence-corrected chi connectivity index (χ4v) is 4.02. The first-order valence-electron chi connectivity index (χ1n) is 6.74. The molecule has 1 aromatic heterocycles. The van der Waals surface area contributed by atoms with Crippen molar-refractivity contribution in [3.63, 3.8) is 0 Å². The highest BCUT2D eigenvalue weighted by Crippen LogP contribution is 2.32. The Morgan fingerprint density at radius 3 is 2.73 bits per heavy atom. The smallest absolute Gasteiger partial charge is 0.272 e. The van der Waals surface area contributed by atoms with E-state index in [9.17, 15) is 4.79 Å². The second kappa shape index (κ2) is 6.26. The fraction of sp³-hybridized carbons (Fsp3) is 0.333. The summed E-state index contributed by atoms with van der Waals surface area (Å²) in [6, 6.07) is 5.44.